The number of amides is 2. The van der Waals surface area contributed by atoms with Crippen LogP contribution < -0.4 is 5.32 Å². The fourth-order valence-corrected chi connectivity index (χ4v) is 6.19. The molecule has 1 N–H and O–H groups in total. The molecule has 1 aliphatic heterocycles. The number of rotatable bonds is 4. The van der Waals surface area contributed by atoms with Crippen LogP contribution in [0.15, 0.2) is 0 Å². The average Bonchev–Trinajstić information content (AvgIpc) is 2.80. The summed E-state index contributed by atoms with van der Waals surface area (Å²) in [5, 5.41) is 2.90. The number of hydrogen-bond donors (Lipinski definition) is 1. The summed E-state index contributed by atoms with van der Waals surface area (Å²) < 4.78 is 5.38. The summed E-state index contributed by atoms with van der Waals surface area (Å²) in [6, 6.07) is 0. The van der Waals surface area contributed by atoms with Crippen LogP contribution in [0.5, 0.6) is 0 Å². The van der Waals surface area contributed by atoms with Crippen molar-refractivity contribution in [2.24, 2.45) is 23.2 Å². The second-order valence-corrected chi connectivity index (χ2v) is 8.72. The zero-order valence-electron chi connectivity index (χ0n) is 14.6. The molecule has 1 saturated heterocycles. The minimum Gasteiger partial charge on any atom is -0.380 e. The molecule has 5 heteroatoms. The van der Waals surface area contributed by atoms with Crippen molar-refractivity contribution in [1.29, 1.82) is 0 Å². The van der Waals surface area contributed by atoms with Gasteiger partial charge < -0.3 is 15.0 Å². The highest BCUT2D eigenvalue weighted by Crippen LogP contribution is 2.61. The predicted molar refractivity (Wildman–Crippen MR) is 90.2 cm³/mol. The van der Waals surface area contributed by atoms with E-state index in [1.165, 1.54) is 38.5 Å². The SMILES string of the molecule is O=C(CC12CC3CC(CC(C3)C1)C2)NCC(=O)N1CCCOCC1. The van der Waals surface area contributed by atoms with E-state index in [1.807, 2.05) is 4.90 Å². The van der Waals surface area contributed by atoms with Gasteiger partial charge in [0.25, 0.3) is 0 Å². The highest BCUT2D eigenvalue weighted by atomic mass is 16.5. The number of nitrogens with one attached hydrogen (secondary N) is 1. The van der Waals surface area contributed by atoms with Gasteiger partial charge in [0.2, 0.25) is 11.8 Å². The molecular weight excluding hydrogens is 304 g/mol. The van der Waals surface area contributed by atoms with Gasteiger partial charge in [-0.05, 0) is 68.1 Å². The van der Waals surface area contributed by atoms with Crippen LogP contribution in [-0.4, -0.2) is 49.6 Å². The fraction of sp³-hybridized carbons (Fsp3) is 0.895. The van der Waals surface area contributed by atoms with Gasteiger partial charge in [-0.1, -0.05) is 0 Å². The van der Waals surface area contributed by atoms with E-state index in [0.717, 1.165) is 37.3 Å². The van der Waals surface area contributed by atoms with E-state index in [1.54, 1.807) is 0 Å². The van der Waals surface area contributed by atoms with Crippen LogP contribution >= 0.6 is 0 Å². The minimum atomic E-state index is 0.0272. The third kappa shape index (κ3) is 3.46. The van der Waals surface area contributed by atoms with Gasteiger partial charge in [0.1, 0.15) is 0 Å². The number of carbonyl (C=O) groups is 2. The van der Waals surface area contributed by atoms with E-state index >= 15 is 0 Å². The van der Waals surface area contributed by atoms with Crippen molar-refractivity contribution in [3.63, 3.8) is 0 Å². The molecule has 4 saturated carbocycles. The van der Waals surface area contributed by atoms with E-state index in [4.69, 9.17) is 4.74 Å². The third-order valence-corrected chi connectivity index (χ3v) is 6.71. The molecule has 2 amide bonds. The highest BCUT2D eigenvalue weighted by Gasteiger charge is 2.51. The van der Waals surface area contributed by atoms with Gasteiger partial charge in [0, 0.05) is 26.1 Å². The van der Waals surface area contributed by atoms with Crippen LogP contribution in [0.25, 0.3) is 0 Å². The van der Waals surface area contributed by atoms with E-state index < -0.39 is 0 Å². The number of ether oxygens (including phenoxy) is 1. The molecule has 24 heavy (non-hydrogen) atoms. The zero-order chi connectivity index (χ0) is 16.6. The van der Waals surface area contributed by atoms with Gasteiger partial charge in [-0.3, -0.25) is 9.59 Å². The Morgan fingerprint density at radius 3 is 2.33 bits per heavy atom. The first-order chi connectivity index (χ1) is 11.6. The molecule has 5 aliphatic rings. The van der Waals surface area contributed by atoms with Gasteiger partial charge in [-0.25, -0.2) is 0 Å². The van der Waals surface area contributed by atoms with Crippen molar-refractivity contribution >= 4 is 11.8 Å². The summed E-state index contributed by atoms with van der Waals surface area (Å²) in [5.74, 6) is 2.70. The van der Waals surface area contributed by atoms with Crippen molar-refractivity contribution in [2.75, 3.05) is 32.8 Å². The number of carbonyl (C=O) groups excluding carboxylic acids is 2. The van der Waals surface area contributed by atoms with E-state index in [-0.39, 0.29) is 23.8 Å². The van der Waals surface area contributed by atoms with Gasteiger partial charge in [-0.2, -0.15) is 0 Å². The van der Waals surface area contributed by atoms with Crippen molar-refractivity contribution in [3.8, 4) is 0 Å². The topological polar surface area (TPSA) is 58.6 Å². The summed E-state index contributed by atoms with van der Waals surface area (Å²) >= 11 is 0. The Hall–Kier alpha value is -1.10. The Morgan fingerprint density at radius 1 is 1.00 bits per heavy atom. The Labute approximate surface area is 144 Å². The lowest BCUT2D eigenvalue weighted by atomic mass is 9.49. The van der Waals surface area contributed by atoms with Crippen LogP contribution in [0, 0.1) is 23.2 Å². The molecule has 5 fully saturated rings. The van der Waals surface area contributed by atoms with Crippen LogP contribution in [0.3, 0.4) is 0 Å². The molecule has 1 heterocycles. The molecule has 0 atom stereocenters. The lowest BCUT2D eigenvalue weighted by molar-refractivity contribution is -0.135. The van der Waals surface area contributed by atoms with E-state index in [0.29, 0.717) is 19.6 Å². The van der Waals surface area contributed by atoms with Crippen LogP contribution in [0.1, 0.15) is 51.4 Å². The highest BCUT2D eigenvalue weighted by molar-refractivity contribution is 5.85. The zero-order valence-corrected chi connectivity index (χ0v) is 14.6. The molecule has 0 unspecified atom stereocenters. The lowest BCUT2D eigenvalue weighted by Gasteiger charge is -2.56. The summed E-state index contributed by atoms with van der Waals surface area (Å²) in [7, 11) is 0. The summed E-state index contributed by atoms with van der Waals surface area (Å²) in [6.07, 6.45) is 9.43. The Morgan fingerprint density at radius 2 is 1.67 bits per heavy atom. The van der Waals surface area contributed by atoms with Gasteiger partial charge in [-0.15, -0.1) is 0 Å². The molecule has 0 aromatic rings. The van der Waals surface area contributed by atoms with Gasteiger partial charge in [0.15, 0.2) is 0 Å². The molecule has 5 rings (SSSR count). The fourth-order valence-electron chi connectivity index (χ4n) is 6.19. The molecule has 4 aliphatic carbocycles. The van der Waals surface area contributed by atoms with E-state index in [9.17, 15) is 9.59 Å². The standard InChI is InChI=1S/C19H30N2O3/c22-17(20-13-18(23)21-2-1-4-24-5-3-21)12-19-9-14-6-15(10-19)8-16(7-14)11-19/h14-16H,1-13H2,(H,20,22). The van der Waals surface area contributed by atoms with Crippen molar-refractivity contribution in [3.05, 3.63) is 0 Å². The minimum absolute atomic E-state index is 0.0272. The van der Waals surface area contributed by atoms with Crippen molar-refractivity contribution in [2.45, 2.75) is 51.4 Å². The molecule has 0 aromatic heterocycles. The number of nitrogens with zero attached hydrogens (tertiary/aromatic N) is 1. The lowest BCUT2D eigenvalue weighted by Crippen LogP contribution is -2.48. The molecule has 0 aromatic carbocycles. The molecular formula is C19H30N2O3. The van der Waals surface area contributed by atoms with Crippen molar-refractivity contribution < 1.29 is 14.3 Å². The third-order valence-electron chi connectivity index (χ3n) is 6.71. The second kappa shape index (κ2) is 6.66. The smallest absolute Gasteiger partial charge is 0.242 e. The maximum atomic E-state index is 12.5. The van der Waals surface area contributed by atoms with Crippen LogP contribution in [-0.2, 0) is 14.3 Å². The van der Waals surface area contributed by atoms with Crippen LogP contribution in [0.2, 0.25) is 0 Å². The van der Waals surface area contributed by atoms with E-state index in [2.05, 4.69) is 5.32 Å². The molecule has 4 bridgehead atoms. The molecule has 5 nitrogen and oxygen atoms in total. The molecule has 134 valence electrons. The first-order valence-corrected chi connectivity index (χ1v) is 9.74. The van der Waals surface area contributed by atoms with Crippen molar-refractivity contribution in [1.82, 2.24) is 10.2 Å². The summed E-state index contributed by atoms with van der Waals surface area (Å²) in [5.41, 5.74) is 0.248. The average molecular weight is 334 g/mol. The second-order valence-electron chi connectivity index (χ2n) is 8.72. The quantitative estimate of drug-likeness (QED) is 0.855. The Balaban J connectivity index is 1.27. The largest absolute Gasteiger partial charge is 0.380 e. The first-order valence-electron chi connectivity index (χ1n) is 9.74. The van der Waals surface area contributed by atoms with Gasteiger partial charge >= 0.3 is 0 Å². The monoisotopic (exact) mass is 334 g/mol. The normalized spacial score (nSPS) is 38.0. The summed E-state index contributed by atoms with van der Waals surface area (Å²) in [4.78, 5) is 26.6. The summed E-state index contributed by atoms with van der Waals surface area (Å²) in [6.45, 7) is 2.85. The molecule has 0 radical (unpaired) electrons. The maximum Gasteiger partial charge on any atom is 0.242 e. The van der Waals surface area contributed by atoms with Gasteiger partial charge in [0.05, 0.1) is 13.2 Å². The maximum absolute atomic E-state index is 12.5. The molecule has 0 spiro atoms. The predicted octanol–water partition coefficient (Wildman–Crippen LogP) is 1.96. The number of hydrogen-bond acceptors (Lipinski definition) is 3. The first kappa shape index (κ1) is 16.4. The Bertz CT molecular complexity index is 462. The van der Waals surface area contributed by atoms with Crippen LogP contribution in [0.4, 0.5) is 0 Å². The Kier molecular flexibility index (Phi) is 4.54.